The molecule has 0 saturated heterocycles. The third-order valence-electron chi connectivity index (χ3n) is 4.80. The molecular formula is C20H20N6O2S. The number of aromatic nitrogens is 4. The molecule has 0 spiro atoms. The van der Waals surface area contributed by atoms with Gasteiger partial charge in [-0.25, -0.2) is 4.98 Å². The number of rotatable bonds is 6. The van der Waals surface area contributed by atoms with Crippen LogP contribution in [0, 0.1) is 11.3 Å². The maximum Gasteiger partial charge on any atom is 0.277 e. The molecule has 0 bridgehead atoms. The molecule has 1 aromatic carbocycles. The molecule has 4 rings (SSSR count). The minimum Gasteiger partial charge on any atom is -0.410 e. The minimum absolute atomic E-state index is 0.00764. The fourth-order valence-electron chi connectivity index (χ4n) is 3.30. The monoisotopic (exact) mass is 408 g/mol. The number of carbonyl (C=O) groups is 1. The number of thioether (sulfide) groups is 1. The van der Waals surface area contributed by atoms with Crippen molar-refractivity contribution in [3.63, 3.8) is 0 Å². The first kappa shape index (κ1) is 19.2. The highest BCUT2D eigenvalue weighted by atomic mass is 32.2. The highest BCUT2D eigenvalue weighted by molar-refractivity contribution is 7.99. The fourth-order valence-corrected chi connectivity index (χ4v) is 3.87. The Kier molecular flexibility index (Phi) is 5.91. The van der Waals surface area contributed by atoms with Gasteiger partial charge < -0.3 is 14.3 Å². The first-order valence-electron chi connectivity index (χ1n) is 9.52. The largest absolute Gasteiger partial charge is 0.410 e. The van der Waals surface area contributed by atoms with Gasteiger partial charge in [-0.05, 0) is 37.1 Å². The predicted molar refractivity (Wildman–Crippen MR) is 107 cm³/mol. The molecule has 0 radical (unpaired) electrons. The summed E-state index contributed by atoms with van der Waals surface area (Å²) in [6, 6.07) is 9.55. The van der Waals surface area contributed by atoms with Crippen molar-refractivity contribution in [2.75, 3.05) is 5.75 Å². The molecule has 0 aliphatic heterocycles. The molecule has 0 atom stereocenters. The van der Waals surface area contributed by atoms with Gasteiger partial charge in [-0.15, -0.1) is 10.2 Å². The van der Waals surface area contributed by atoms with E-state index < -0.39 is 0 Å². The highest BCUT2D eigenvalue weighted by Crippen LogP contribution is 2.23. The maximum atomic E-state index is 12.1. The summed E-state index contributed by atoms with van der Waals surface area (Å²) in [6.45, 7) is 0. The van der Waals surface area contributed by atoms with Crippen molar-refractivity contribution < 1.29 is 9.21 Å². The van der Waals surface area contributed by atoms with E-state index in [-0.39, 0.29) is 11.7 Å². The van der Waals surface area contributed by atoms with Gasteiger partial charge in [0, 0.05) is 17.9 Å². The first-order chi connectivity index (χ1) is 14.2. The SMILES string of the molecule is N#Cc1ccc(-n2cnc(-c3nnc(SCC(=O)NC4CCCCC4)o3)c2)cc1. The van der Waals surface area contributed by atoms with E-state index in [0.717, 1.165) is 18.5 Å². The van der Waals surface area contributed by atoms with Crippen LogP contribution in [0.4, 0.5) is 0 Å². The fraction of sp³-hybridized carbons (Fsp3) is 0.350. The van der Waals surface area contributed by atoms with E-state index in [4.69, 9.17) is 9.68 Å². The maximum absolute atomic E-state index is 12.1. The highest BCUT2D eigenvalue weighted by Gasteiger charge is 2.17. The molecule has 29 heavy (non-hydrogen) atoms. The van der Waals surface area contributed by atoms with Crippen LogP contribution in [-0.4, -0.2) is 37.5 Å². The van der Waals surface area contributed by atoms with E-state index in [1.54, 1.807) is 24.7 Å². The van der Waals surface area contributed by atoms with Gasteiger partial charge >= 0.3 is 0 Å². The Labute approximate surface area is 172 Å². The van der Waals surface area contributed by atoms with Gasteiger partial charge in [0.1, 0.15) is 12.0 Å². The van der Waals surface area contributed by atoms with E-state index >= 15 is 0 Å². The normalized spacial score (nSPS) is 14.4. The van der Waals surface area contributed by atoms with Crippen molar-refractivity contribution in [3.05, 3.63) is 42.4 Å². The molecule has 2 aromatic heterocycles. The number of nitrogens with zero attached hydrogens (tertiary/aromatic N) is 5. The Bertz CT molecular complexity index is 1010. The molecule has 8 nitrogen and oxygen atoms in total. The number of hydrogen-bond acceptors (Lipinski definition) is 7. The van der Waals surface area contributed by atoms with E-state index in [2.05, 4.69) is 26.6 Å². The molecule has 9 heteroatoms. The Morgan fingerprint density at radius 1 is 1.24 bits per heavy atom. The van der Waals surface area contributed by atoms with Crippen LogP contribution in [-0.2, 0) is 4.79 Å². The van der Waals surface area contributed by atoms with Crippen molar-refractivity contribution >= 4 is 17.7 Å². The van der Waals surface area contributed by atoms with Crippen molar-refractivity contribution in [1.82, 2.24) is 25.1 Å². The summed E-state index contributed by atoms with van der Waals surface area (Å²) in [6.07, 6.45) is 9.16. The van der Waals surface area contributed by atoms with Gasteiger partial charge in [0.15, 0.2) is 0 Å². The van der Waals surface area contributed by atoms with E-state index in [0.29, 0.717) is 28.4 Å². The molecule has 148 valence electrons. The first-order valence-corrected chi connectivity index (χ1v) is 10.5. The van der Waals surface area contributed by atoms with Gasteiger partial charge in [0.05, 0.1) is 17.4 Å². The predicted octanol–water partition coefficient (Wildman–Crippen LogP) is 3.33. The Hall–Kier alpha value is -3.12. The summed E-state index contributed by atoms with van der Waals surface area (Å²) in [5.74, 6) is 0.539. The second-order valence-corrected chi connectivity index (χ2v) is 7.82. The number of nitriles is 1. The van der Waals surface area contributed by atoms with E-state index in [1.807, 2.05) is 16.7 Å². The summed E-state index contributed by atoms with van der Waals surface area (Å²) >= 11 is 1.22. The average molecular weight is 408 g/mol. The zero-order valence-corrected chi connectivity index (χ0v) is 16.6. The third-order valence-corrected chi connectivity index (χ3v) is 5.62. The van der Waals surface area contributed by atoms with Gasteiger partial charge in [-0.1, -0.05) is 31.0 Å². The second-order valence-electron chi connectivity index (χ2n) is 6.89. The number of benzene rings is 1. The molecule has 1 amide bonds. The smallest absolute Gasteiger partial charge is 0.277 e. The second kappa shape index (κ2) is 8.92. The number of amides is 1. The third kappa shape index (κ3) is 4.84. The molecule has 1 aliphatic rings. The van der Waals surface area contributed by atoms with Gasteiger partial charge in [-0.2, -0.15) is 5.26 Å². The molecule has 2 heterocycles. The van der Waals surface area contributed by atoms with Gasteiger partial charge in [0.2, 0.25) is 5.91 Å². The van der Waals surface area contributed by atoms with Crippen molar-refractivity contribution in [2.24, 2.45) is 0 Å². The van der Waals surface area contributed by atoms with Crippen molar-refractivity contribution in [1.29, 1.82) is 5.26 Å². The Morgan fingerprint density at radius 2 is 2.03 bits per heavy atom. The molecule has 3 aromatic rings. The molecular weight excluding hydrogens is 388 g/mol. The molecule has 0 unspecified atom stereocenters. The summed E-state index contributed by atoms with van der Waals surface area (Å²) in [7, 11) is 0. The van der Waals surface area contributed by atoms with Crippen LogP contribution >= 0.6 is 11.8 Å². The van der Waals surface area contributed by atoms with Crippen molar-refractivity contribution in [3.8, 4) is 23.3 Å². The van der Waals surface area contributed by atoms with Gasteiger partial charge in [-0.3, -0.25) is 4.79 Å². The van der Waals surface area contributed by atoms with Crippen LogP contribution in [0.3, 0.4) is 0 Å². The molecule has 1 saturated carbocycles. The quantitative estimate of drug-likeness (QED) is 0.623. The van der Waals surface area contributed by atoms with Crippen molar-refractivity contribution in [2.45, 2.75) is 43.4 Å². The number of imidazole rings is 1. The summed E-state index contributed by atoms with van der Waals surface area (Å²) in [5.41, 5.74) is 2.01. The number of carbonyl (C=O) groups excluding carboxylic acids is 1. The topological polar surface area (TPSA) is 110 Å². The van der Waals surface area contributed by atoms with E-state index in [1.165, 1.54) is 31.0 Å². The lowest BCUT2D eigenvalue weighted by Gasteiger charge is -2.22. The van der Waals surface area contributed by atoms with Crippen LogP contribution < -0.4 is 5.32 Å². The number of nitrogens with one attached hydrogen (secondary N) is 1. The molecule has 1 fully saturated rings. The van der Waals surface area contributed by atoms with Crippen LogP contribution in [0.2, 0.25) is 0 Å². The van der Waals surface area contributed by atoms with Crippen LogP contribution in [0.5, 0.6) is 0 Å². The molecule has 1 aliphatic carbocycles. The zero-order chi connectivity index (χ0) is 20.1. The minimum atomic E-state index is -0.00764. The lowest BCUT2D eigenvalue weighted by Crippen LogP contribution is -2.37. The lowest BCUT2D eigenvalue weighted by atomic mass is 9.95. The van der Waals surface area contributed by atoms with Gasteiger partial charge in [0.25, 0.3) is 11.1 Å². The zero-order valence-electron chi connectivity index (χ0n) is 15.7. The summed E-state index contributed by atoms with van der Waals surface area (Å²) in [4.78, 5) is 16.4. The van der Waals surface area contributed by atoms with Crippen LogP contribution in [0.1, 0.15) is 37.7 Å². The summed E-state index contributed by atoms with van der Waals surface area (Å²) < 4.78 is 7.45. The number of hydrogen-bond donors (Lipinski definition) is 1. The Balaban J connectivity index is 1.34. The van der Waals surface area contributed by atoms with E-state index in [9.17, 15) is 4.79 Å². The standard InChI is InChI=1S/C20H20N6O2S/c21-10-14-6-8-16(9-7-14)26-11-17(22-13-26)19-24-25-20(28-19)29-12-18(27)23-15-4-2-1-3-5-15/h6-9,11,13,15H,1-5,12H2,(H,23,27). The van der Waals surface area contributed by atoms with Crippen LogP contribution in [0.25, 0.3) is 17.3 Å². The Morgan fingerprint density at radius 3 is 2.79 bits per heavy atom. The average Bonchev–Trinajstić information content (AvgIpc) is 3.43. The van der Waals surface area contributed by atoms with Crippen LogP contribution in [0.15, 0.2) is 46.4 Å². The lowest BCUT2D eigenvalue weighted by molar-refractivity contribution is -0.119. The molecule has 1 N–H and O–H groups in total. The summed E-state index contributed by atoms with van der Waals surface area (Å²) in [5, 5.41) is 20.3.